The van der Waals surface area contributed by atoms with E-state index in [4.69, 9.17) is 16.3 Å². The van der Waals surface area contributed by atoms with Crippen LogP contribution in [0.15, 0.2) is 36.4 Å². The van der Waals surface area contributed by atoms with Crippen molar-refractivity contribution >= 4 is 23.2 Å². The van der Waals surface area contributed by atoms with E-state index in [1.807, 2.05) is 37.3 Å². The number of benzene rings is 2. The molecule has 0 aromatic heterocycles. The number of amides is 1. The van der Waals surface area contributed by atoms with Crippen LogP contribution in [0.2, 0.25) is 5.02 Å². The molecule has 0 fully saturated rings. The van der Waals surface area contributed by atoms with Gasteiger partial charge >= 0.3 is 0 Å². The molecule has 3 nitrogen and oxygen atoms in total. The first-order chi connectivity index (χ1) is 9.13. The predicted molar refractivity (Wildman–Crippen MR) is 75.7 cm³/mol. The monoisotopic (exact) mass is 273 g/mol. The molecule has 0 unspecified atom stereocenters. The van der Waals surface area contributed by atoms with Gasteiger partial charge in [0, 0.05) is 0 Å². The highest BCUT2D eigenvalue weighted by molar-refractivity contribution is 6.33. The lowest BCUT2D eigenvalue weighted by Crippen LogP contribution is -2.25. The van der Waals surface area contributed by atoms with Gasteiger partial charge in [-0.25, -0.2) is 0 Å². The molecule has 19 heavy (non-hydrogen) atoms. The van der Waals surface area contributed by atoms with Gasteiger partial charge in [0.15, 0.2) is 12.4 Å². The molecule has 2 aromatic carbocycles. The van der Waals surface area contributed by atoms with Gasteiger partial charge in [-0.05, 0) is 30.2 Å². The molecule has 0 saturated carbocycles. The standard InChI is InChI=1S/C15H12ClNO2/c1-9-3-2-4-10(5-9)11-6-12(16)15-13(7-11)17-14(18)8-19-15/h2-7H,8H2,1H3,(H,17,18). The number of nitrogens with one attached hydrogen (secondary N) is 1. The van der Waals surface area contributed by atoms with Crippen LogP contribution in [-0.4, -0.2) is 12.5 Å². The lowest BCUT2D eigenvalue weighted by atomic mass is 10.0. The van der Waals surface area contributed by atoms with E-state index in [9.17, 15) is 4.79 Å². The zero-order valence-corrected chi connectivity index (χ0v) is 11.1. The number of fused-ring (bicyclic) bond motifs is 1. The van der Waals surface area contributed by atoms with Crippen LogP contribution >= 0.6 is 11.6 Å². The number of anilines is 1. The average Bonchev–Trinajstić information content (AvgIpc) is 2.38. The molecule has 0 aliphatic carbocycles. The van der Waals surface area contributed by atoms with Crippen molar-refractivity contribution in [3.63, 3.8) is 0 Å². The molecule has 4 heteroatoms. The van der Waals surface area contributed by atoms with Crippen LogP contribution in [-0.2, 0) is 4.79 Å². The Hall–Kier alpha value is -2.00. The molecule has 2 aromatic rings. The fraction of sp³-hybridized carbons (Fsp3) is 0.133. The van der Waals surface area contributed by atoms with Crippen molar-refractivity contribution in [2.45, 2.75) is 6.92 Å². The molecule has 0 saturated heterocycles. The van der Waals surface area contributed by atoms with E-state index in [1.165, 1.54) is 5.56 Å². The number of rotatable bonds is 1. The Morgan fingerprint density at radius 2 is 2.05 bits per heavy atom. The third-order valence-corrected chi connectivity index (χ3v) is 3.30. The second-order valence-corrected chi connectivity index (χ2v) is 4.95. The van der Waals surface area contributed by atoms with E-state index in [-0.39, 0.29) is 12.5 Å². The summed E-state index contributed by atoms with van der Waals surface area (Å²) in [4.78, 5) is 11.4. The van der Waals surface area contributed by atoms with Crippen LogP contribution in [0.25, 0.3) is 11.1 Å². The predicted octanol–water partition coefficient (Wildman–Crippen LogP) is 3.65. The number of ether oxygens (including phenoxy) is 1. The number of hydrogen-bond acceptors (Lipinski definition) is 2. The highest BCUT2D eigenvalue weighted by Gasteiger charge is 2.19. The molecule has 1 amide bonds. The van der Waals surface area contributed by atoms with Crippen molar-refractivity contribution in [2.24, 2.45) is 0 Å². The number of halogens is 1. The van der Waals surface area contributed by atoms with Gasteiger partial charge < -0.3 is 10.1 Å². The van der Waals surface area contributed by atoms with Crippen LogP contribution in [0.4, 0.5) is 5.69 Å². The summed E-state index contributed by atoms with van der Waals surface area (Å²) in [6.07, 6.45) is 0. The SMILES string of the molecule is Cc1cccc(-c2cc(Cl)c3c(c2)NC(=O)CO3)c1. The first-order valence-electron chi connectivity index (χ1n) is 5.97. The minimum absolute atomic E-state index is 0.0104. The highest BCUT2D eigenvalue weighted by Crippen LogP contribution is 2.39. The normalized spacial score (nSPS) is 13.5. The van der Waals surface area contributed by atoms with Crippen LogP contribution in [0, 0.1) is 6.92 Å². The zero-order chi connectivity index (χ0) is 13.4. The number of hydrogen-bond donors (Lipinski definition) is 1. The maximum atomic E-state index is 11.4. The van der Waals surface area contributed by atoms with E-state index in [0.717, 1.165) is 11.1 Å². The molecule has 0 bridgehead atoms. The van der Waals surface area contributed by atoms with Crippen LogP contribution in [0.1, 0.15) is 5.56 Å². The van der Waals surface area contributed by atoms with Gasteiger partial charge in [0.25, 0.3) is 5.91 Å². The summed E-state index contributed by atoms with van der Waals surface area (Å²) in [6.45, 7) is 2.05. The van der Waals surface area contributed by atoms with Gasteiger partial charge in [-0.3, -0.25) is 4.79 Å². The Morgan fingerprint density at radius 1 is 1.21 bits per heavy atom. The van der Waals surface area contributed by atoms with Gasteiger partial charge in [0.1, 0.15) is 0 Å². The molecule has 0 radical (unpaired) electrons. The second kappa shape index (κ2) is 4.59. The van der Waals surface area contributed by atoms with Gasteiger partial charge in [-0.1, -0.05) is 41.4 Å². The number of aryl methyl sites for hydroxylation is 1. The van der Waals surface area contributed by atoms with Crippen LogP contribution < -0.4 is 10.1 Å². The molecule has 3 rings (SSSR count). The van der Waals surface area contributed by atoms with E-state index in [2.05, 4.69) is 11.4 Å². The van der Waals surface area contributed by atoms with Crippen molar-refractivity contribution in [3.05, 3.63) is 47.0 Å². The van der Waals surface area contributed by atoms with Crippen molar-refractivity contribution < 1.29 is 9.53 Å². The Kier molecular flexibility index (Phi) is 2.91. The van der Waals surface area contributed by atoms with Crippen molar-refractivity contribution in [3.8, 4) is 16.9 Å². The molecule has 1 aliphatic heterocycles. The smallest absolute Gasteiger partial charge is 0.262 e. The second-order valence-electron chi connectivity index (χ2n) is 4.54. The fourth-order valence-electron chi connectivity index (χ4n) is 2.15. The topological polar surface area (TPSA) is 38.3 Å². The lowest BCUT2D eigenvalue weighted by Gasteiger charge is -2.20. The third kappa shape index (κ3) is 2.29. The number of carbonyl (C=O) groups is 1. The molecule has 0 spiro atoms. The molecule has 1 heterocycles. The minimum atomic E-state index is -0.162. The summed E-state index contributed by atoms with van der Waals surface area (Å²) < 4.78 is 5.34. The molecular formula is C15H12ClNO2. The summed E-state index contributed by atoms with van der Waals surface area (Å²) in [5.41, 5.74) is 3.81. The summed E-state index contributed by atoms with van der Waals surface area (Å²) in [5, 5.41) is 3.29. The summed E-state index contributed by atoms with van der Waals surface area (Å²) >= 11 is 6.21. The summed E-state index contributed by atoms with van der Waals surface area (Å²) in [5.74, 6) is 0.377. The van der Waals surface area contributed by atoms with E-state index in [0.29, 0.717) is 16.5 Å². The van der Waals surface area contributed by atoms with Gasteiger partial charge in [-0.2, -0.15) is 0 Å². The van der Waals surface area contributed by atoms with Crippen molar-refractivity contribution in [1.29, 1.82) is 0 Å². The molecule has 0 atom stereocenters. The Labute approximate surface area is 116 Å². The van der Waals surface area contributed by atoms with Crippen LogP contribution in [0.5, 0.6) is 5.75 Å². The van der Waals surface area contributed by atoms with Gasteiger partial charge in [0.05, 0.1) is 10.7 Å². The van der Waals surface area contributed by atoms with E-state index in [1.54, 1.807) is 0 Å². The van der Waals surface area contributed by atoms with Crippen molar-refractivity contribution in [1.82, 2.24) is 0 Å². The lowest BCUT2D eigenvalue weighted by molar-refractivity contribution is -0.118. The summed E-state index contributed by atoms with van der Waals surface area (Å²) in [6, 6.07) is 11.8. The molecular weight excluding hydrogens is 262 g/mol. The zero-order valence-electron chi connectivity index (χ0n) is 10.4. The molecule has 1 aliphatic rings. The first kappa shape index (κ1) is 12.1. The molecule has 1 N–H and O–H groups in total. The van der Waals surface area contributed by atoms with Gasteiger partial charge in [0.2, 0.25) is 0 Å². The fourth-order valence-corrected chi connectivity index (χ4v) is 2.42. The largest absolute Gasteiger partial charge is 0.480 e. The van der Waals surface area contributed by atoms with E-state index >= 15 is 0 Å². The Bertz CT molecular complexity index is 667. The number of carbonyl (C=O) groups excluding carboxylic acids is 1. The Morgan fingerprint density at radius 3 is 2.84 bits per heavy atom. The summed E-state index contributed by atoms with van der Waals surface area (Å²) in [7, 11) is 0. The van der Waals surface area contributed by atoms with Crippen molar-refractivity contribution in [2.75, 3.05) is 11.9 Å². The Balaban J connectivity index is 2.11. The molecule has 96 valence electrons. The maximum absolute atomic E-state index is 11.4. The maximum Gasteiger partial charge on any atom is 0.262 e. The highest BCUT2D eigenvalue weighted by atomic mass is 35.5. The minimum Gasteiger partial charge on any atom is -0.480 e. The first-order valence-corrected chi connectivity index (χ1v) is 6.34. The average molecular weight is 274 g/mol. The quantitative estimate of drug-likeness (QED) is 0.861. The van der Waals surface area contributed by atoms with Crippen LogP contribution in [0.3, 0.4) is 0 Å². The third-order valence-electron chi connectivity index (χ3n) is 3.02. The van der Waals surface area contributed by atoms with E-state index < -0.39 is 0 Å². The van der Waals surface area contributed by atoms with Gasteiger partial charge in [-0.15, -0.1) is 0 Å².